The molecule has 0 aromatic heterocycles. The second kappa shape index (κ2) is 10.8. The van der Waals surface area contributed by atoms with Crippen molar-refractivity contribution in [2.24, 2.45) is 0 Å². The van der Waals surface area contributed by atoms with E-state index in [0.29, 0.717) is 11.6 Å². The Hall–Kier alpha value is -2.57. The van der Waals surface area contributed by atoms with Gasteiger partial charge in [0.15, 0.2) is 6.10 Å². The molecule has 0 spiro atoms. The third-order valence-electron chi connectivity index (χ3n) is 4.20. The van der Waals surface area contributed by atoms with E-state index in [1.165, 1.54) is 25.1 Å². The molecule has 8 heteroatoms. The lowest BCUT2D eigenvalue weighted by atomic mass is 10.0. The first-order chi connectivity index (χ1) is 13.8. The largest absolute Gasteiger partial charge is 0.451 e. The highest BCUT2D eigenvalue weighted by Crippen LogP contribution is 2.22. The van der Waals surface area contributed by atoms with E-state index in [9.17, 15) is 14.4 Å². The third kappa shape index (κ3) is 7.07. The molecule has 2 rings (SSSR count). The molecular formula is C21H22Cl2N2O4. The van der Waals surface area contributed by atoms with Gasteiger partial charge in [-0.2, -0.15) is 0 Å². The lowest BCUT2D eigenvalue weighted by Crippen LogP contribution is -2.39. The number of benzene rings is 2. The predicted octanol–water partition coefficient (Wildman–Crippen LogP) is 3.57. The summed E-state index contributed by atoms with van der Waals surface area (Å²) in [7, 11) is 0. The molecule has 0 bridgehead atoms. The number of carbonyl (C=O) groups is 3. The summed E-state index contributed by atoms with van der Waals surface area (Å²) in [4.78, 5) is 36.1. The Kier molecular flexibility index (Phi) is 8.49. The van der Waals surface area contributed by atoms with Crippen molar-refractivity contribution >= 4 is 41.0 Å². The monoisotopic (exact) mass is 436 g/mol. The van der Waals surface area contributed by atoms with Gasteiger partial charge in [-0.3, -0.25) is 14.4 Å². The number of amides is 2. The van der Waals surface area contributed by atoms with Gasteiger partial charge in [0.2, 0.25) is 0 Å². The van der Waals surface area contributed by atoms with Gasteiger partial charge in [-0.05, 0) is 36.6 Å². The number of nitrogens with one attached hydrogen (secondary N) is 2. The second-order valence-electron chi connectivity index (χ2n) is 6.50. The van der Waals surface area contributed by atoms with Crippen LogP contribution in [0.1, 0.15) is 35.7 Å². The Morgan fingerprint density at radius 3 is 2.31 bits per heavy atom. The number of carbonyl (C=O) groups excluding carboxylic acids is 3. The predicted molar refractivity (Wildman–Crippen MR) is 112 cm³/mol. The Balaban J connectivity index is 1.75. The first-order valence-corrected chi connectivity index (χ1v) is 9.79. The van der Waals surface area contributed by atoms with E-state index in [1.807, 2.05) is 37.3 Å². The number of hydrogen-bond acceptors (Lipinski definition) is 4. The van der Waals surface area contributed by atoms with Gasteiger partial charge in [0.05, 0.1) is 10.0 Å². The van der Waals surface area contributed by atoms with Crippen molar-refractivity contribution in [3.05, 3.63) is 69.7 Å². The fraction of sp³-hybridized carbons (Fsp3) is 0.286. The Labute approximate surface area is 179 Å². The van der Waals surface area contributed by atoms with Crippen LogP contribution >= 0.6 is 23.2 Å². The molecule has 6 nitrogen and oxygen atoms in total. The van der Waals surface area contributed by atoms with Crippen molar-refractivity contribution in [3.63, 3.8) is 0 Å². The molecule has 0 heterocycles. The van der Waals surface area contributed by atoms with Crippen molar-refractivity contribution < 1.29 is 19.1 Å². The summed E-state index contributed by atoms with van der Waals surface area (Å²) in [6, 6.07) is 14.1. The average molecular weight is 437 g/mol. The molecule has 2 aromatic carbocycles. The zero-order chi connectivity index (χ0) is 21.4. The summed E-state index contributed by atoms with van der Waals surface area (Å²) in [5, 5.41) is 5.73. The van der Waals surface area contributed by atoms with E-state index in [-0.39, 0.29) is 23.0 Å². The van der Waals surface area contributed by atoms with Gasteiger partial charge >= 0.3 is 5.97 Å². The minimum atomic E-state index is -0.979. The maximum Gasteiger partial charge on any atom is 0.326 e. The minimum absolute atomic E-state index is 0.119. The molecule has 2 unspecified atom stereocenters. The highest BCUT2D eigenvalue weighted by atomic mass is 35.5. The van der Waals surface area contributed by atoms with E-state index in [2.05, 4.69) is 10.6 Å². The molecule has 0 saturated carbocycles. The van der Waals surface area contributed by atoms with Crippen LogP contribution in [0.5, 0.6) is 0 Å². The molecular weight excluding hydrogens is 415 g/mol. The molecule has 0 saturated heterocycles. The van der Waals surface area contributed by atoms with Crippen LogP contribution in [0, 0.1) is 0 Å². The van der Waals surface area contributed by atoms with Crippen LogP contribution in [0.25, 0.3) is 0 Å². The molecule has 0 fully saturated rings. The van der Waals surface area contributed by atoms with Crippen LogP contribution in [-0.2, 0) is 14.3 Å². The van der Waals surface area contributed by atoms with E-state index < -0.39 is 23.9 Å². The first-order valence-electron chi connectivity index (χ1n) is 9.03. The molecule has 0 aliphatic rings. The van der Waals surface area contributed by atoms with Crippen LogP contribution in [0.15, 0.2) is 48.5 Å². The fourth-order valence-corrected chi connectivity index (χ4v) is 2.78. The number of hydrogen-bond donors (Lipinski definition) is 2. The van der Waals surface area contributed by atoms with Gasteiger partial charge in [0.25, 0.3) is 11.8 Å². The van der Waals surface area contributed by atoms with Crippen LogP contribution in [0.4, 0.5) is 0 Å². The molecule has 0 aliphatic heterocycles. The normalized spacial score (nSPS) is 12.6. The number of rotatable bonds is 8. The van der Waals surface area contributed by atoms with E-state index in [0.717, 1.165) is 5.56 Å². The number of ether oxygens (including phenoxy) is 1. The van der Waals surface area contributed by atoms with Crippen LogP contribution in [0.2, 0.25) is 10.0 Å². The Morgan fingerprint density at radius 1 is 0.966 bits per heavy atom. The van der Waals surface area contributed by atoms with Crippen LogP contribution < -0.4 is 10.6 Å². The molecule has 2 N–H and O–H groups in total. The topological polar surface area (TPSA) is 84.5 Å². The quantitative estimate of drug-likeness (QED) is 0.619. The minimum Gasteiger partial charge on any atom is -0.451 e. The maximum atomic E-state index is 12.1. The third-order valence-corrected chi connectivity index (χ3v) is 4.94. The second-order valence-corrected chi connectivity index (χ2v) is 7.31. The van der Waals surface area contributed by atoms with Crippen LogP contribution in [-0.4, -0.2) is 37.0 Å². The molecule has 154 valence electrons. The number of halogens is 2. The molecule has 2 amide bonds. The average Bonchev–Trinajstić information content (AvgIpc) is 2.72. The summed E-state index contributed by atoms with van der Waals surface area (Å²) in [5.41, 5.74) is 1.36. The molecule has 0 radical (unpaired) electrons. The number of esters is 1. The molecule has 2 aromatic rings. The summed E-state index contributed by atoms with van der Waals surface area (Å²) >= 11 is 11.7. The van der Waals surface area contributed by atoms with Gasteiger partial charge in [-0.1, -0.05) is 60.5 Å². The van der Waals surface area contributed by atoms with Crippen molar-refractivity contribution in [2.45, 2.75) is 25.9 Å². The maximum absolute atomic E-state index is 12.1. The van der Waals surface area contributed by atoms with Gasteiger partial charge in [-0.15, -0.1) is 0 Å². The van der Waals surface area contributed by atoms with Crippen molar-refractivity contribution in [1.29, 1.82) is 0 Å². The molecule has 0 aliphatic carbocycles. The lowest BCUT2D eigenvalue weighted by molar-refractivity contribution is -0.153. The fourth-order valence-electron chi connectivity index (χ4n) is 2.48. The zero-order valence-electron chi connectivity index (χ0n) is 16.1. The summed E-state index contributed by atoms with van der Waals surface area (Å²) in [6.07, 6.45) is -0.979. The van der Waals surface area contributed by atoms with Gasteiger partial charge in [0, 0.05) is 12.1 Å². The highest BCUT2D eigenvalue weighted by molar-refractivity contribution is 6.42. The first kappa shape index (κ1) is 22.7. The van der Waals surface area contributed by atoms with Crippen molar-refractivity contribution in [2.75, 3.05) is 13.1 Å². The Morgan fingerprint density at radius 2 is 1.66 bits per heavy atom. The lowest BCUT2D eigenvalue weighted by Gasteiger charge is -2.17. The summed E-state index contributed by atoms with van der Waals surface area (Å²) < 4.78 is 5.07. The van der Waals surface area contributed by atoms with E-state index in [4.69, 9.17) is 27.9 Å². The van der Waals surface area contributed by atoms with E-state index in [1.54, 1.807) is 0 Å². The summed E-state index contributed by atoms with van der Waals surface area (Å²) in [6.45, 7) is 3.50. The smallest absolute Gasteiger partial charge is 0.326 e. The van der Waals surface area contributed by atoms with Crippen LogP contribution in [0.3, 0.4) is 0 Å². The molecule has 29 heavy (non-hydrogen) atoms. The zero-order valence-corrected chi connectivity index (χ0v) is 17.6. The SMILES string of the molecule is CC(OC(=O)CNC(=O)c1ccc(Cl)c(Cl)c1)C(=O)NCC(C)c1ccccc1. The van der Waals surface area contributed by atoms with Gasteiger partial charge < -0.3 is 15.4 Å². The van der Waals surface area contributed by atoms with Gasteiger partial charge in [0.1, 0.15) is 6.54 Å². The Bertz CT molecular complexity index is 874. The van der Waals surface area contributed by atoms with Crippen molar-refractivity contribution in [3.8, 4) is 0 Å². The van der Waals surface area contributed by atoms with Gasteiger partial charge in [-0.25, -0.2) is 0 Å². The molecule has 2 atom stereocenters. The van der Waals surface area contributed by atoms with Crippen molar-refractivity contribution in [1.82, 2.24) is 10.6 Å². The standard InChI is InChI=1S/C21H22Cl2N2O4/c1-13(15-6-4-3-5-7-15)11-24-20(27)14(2)29-19(26)12-25-21(28)16-8-9-17(22)18(23)10-16/h3-10,13-14H,11-12H2,1-2H3,(H,24,27)(H,25,28). The van der Waals surface area contributed by atoms with E-state index >= 15 is 0 Å². The highest BCUT2D eigenvalue weighted by Gasteiger charge is 2.19. The summed E-state index contributed by atoms with van der Waals surface area (Å²) in [5.74, 6) is -1.52.